The van der Waals surface area contributed by atoms with Crippen molar-refractivity contribution in [3.05, 3.63) is 0 Å². The van der Waals surface area contributed by atoms with Crippen LogP contribution in [0.2, 0.25) is 0 Å². The topological polar surface area (TPSA) is 64.6 Å². The zero-order valence-corrected chi connectivity index (χ0v) is 26.7. The van der Waals surface area contributed by atoms with E-state index in [0.29, 0.717) is 0 Å². The number of carbonyl (C=O) groups is 1. The smallest absolute Gasteiger partial charge is 0.317 e. The van der Waals surface area contributed by atoms with Crippen molar-refractivity contribution in [2.75, 3.05) is 45.8 Å². The third-order valence-electron chi connectivity index (χ3n) is 7.98. The highest BCUT2D eigenvalue weighted by Crippen LogP contribution is 2.13. The molecule has 0 aromatic heterocycles. The highest BCUT2D eigenvalue weighted by molar-refractivity contribution is 5.69. The van der Waals surface area contributed by atoms with Crippen LogP contribution in [0.15, 0.2) is 0 Å². The van der Waals surface area contributed by atoms with Crippen LogP contribution < -0.4 is 10.6 Å². The molecule has 0 radical (unpaired) electrons. The molecular weight excluding hydrogens is 482 g/mol. The molecule has 5 nitrogen and oxygen atoms in total. The first-order valence-electron chi connectivity index (χ1n) is 17.6. The van der Waals surface area contributed by atoms with Gasteiger partial charge in [0.2, 0.25) is 0 Å². The Bertz CT molecular complexity index is 441. The Morgan fingerprint density at radius 2 is 0.744 bits per heavy atom. The Labute approximate surface area is 245 Å². The van der Waals surface area contributed by atoms with Gasteiger partial charge in [0.15, 0.2) is 0 Å². The summed E-state index contributed by atoms with van der Waals surface area (Å²) in [6, 6.07) is 0. The molecular formula is C34H71N3O2. The molecule has 0 aliphatic rings. The SMILES string of the molecule is CCCCCCCCCCCCCCNCCN(CCNCCCCCCCCCCCCCC)CC(=O)O. The summed E-state index contributed by atoms with van der Waals surface area (Å²) < 4.78 is 0. The summed E-state index contributed by atoms with van der Waals surface area (Å²) in [5.41, 5.74) is 0. The van der Waals surface area contributed by atoms with E-state index in [0.717, 1.165) is 39.3 Å². The summed E-state index contributed by atoms with van der Waals surface area (Å²) in [6.07, 6.45) is 33.1. The van der Waals surface area contributed by atoms with Crippen LogP contribution in [0.25, 0.3) is 0 Å². The lowest BCUT2D eigenvalue weighted by atomic mass is 10.1. The summed E-state index contributed by atoms with van der Waals surface area (Å²) in [7, 11) is 0. The number of rotatable bonds is 34. The maximum absolute atomic E-state index is 11.2. The standard InChI is InChI=1S/C34H71N3O2/c1-3-5-7-9-11-13-15-17-19-21-23-25-27-35-29-31-37(33-34(38)39)32-30-36-28-26-24-22-20-18-16-14-12-10-8-6-4-2/h35-36H,3-33H2,1-2H3,(H,38,39). The molecule has 0 atom stereocenters. The minimum absolute atomic E-state index is 0.139. The predicted octanol–water partition coefficient (Wildman–Crippen LogP) is 8.95. The van der Waals surface area contributed by atoms with Crippen LogP contribution >= 0.6 is 0 Å². The van der Waals surface area contributed by atoms with Crippen LogP contribution in [0, 0.1) is 0 Å². The summed E-state index contributed by atoms with van der Waals surface area (Å²) in [6.45, 7) is 10.2. The number of nitrogens with zero attached hydrogens (tertiary/aromatic N) is 1. The van der Waals surface area contributed by atoms with E-state index >= 15 is 0 Å². The highest BCUT2D eigenvalue weighted by Gasteiger charge is 2.08. The molecule has 0 aromatic rings. The van der Waals surface area contributed by atoms with Gasteiger partial charge in [-0.15, -0.1) is 0 Å². The van der Waals surface area contributed by atoms with Gasteiger partial charge in [-0.05, 0) is 25.9 Å². The average molecular weight is 554 g/mol. The molecule has 0 bridgehead atoms. The molecule has 0 unspecified atom stereocenters. The van der Waals surface area contributed by atoms with E-state index in [-0.39, 0.29) is 6.54 Å². The van der Waals surface area contributed by atoms with Crippen molar-refractivity contribution in [2.24, 2.45) is 0 Å². The fourth-order valence-corrected chi connectivity index (χ4v) is 5.37. The van der Waals surface area contributed by atoms with Gasteiger partial charge in [0.1, 0.15) is 0 Å². The molecule has 234 valence electrons. The molecule has 0 aliphatic carbocycles. The Morgan fingerprint density at radius 1 is 0.462 bits per heavy atom. The molecule has 0 amide bonds. The van der Waals surface area contributed by atoms with Gasteiger partial charge in [-0.2, -0.15) is 0 Å². The second-order valence-corrected chi connectivity index (χ2v) is 11.9. The fourth-order valence-electron chi connectivity index (χ4n) is 5.37. The Balaban J connectivity index is 3.48. The number of aliphatic carboxylic acids is 1. The zero-order chi connectivity index (χ0) is 28.5. The van der Waals surface area contributed by atoms with Gasteiger partial charge in [0.25, 0.3) is 0 Å². The Morgan fingerprint density at radius 3 is 1.03 bits per heavy atom. The number of unbranched alkanes of at least 4 members (excludes halogenated alkanes) is 22. The van der Waals surface area contributed by atoms with Crippen LogP contribution in [-0.2, 0) is 4.79 Å². The second kappa shape index (κ2) is 33.6. The van der Waals surface area contributed by atoms with Gasteiger partial charge in [-0.3, -0.25) is 9.69 Å². The second-order valence-electron chi connectivity index (χ2n) is 11.9. The molecule has 0 aromatic carbocycles. The highest BCUT2D eigenvalue weighted by atomic mass is 16.4. The zero-order valence-electron chi connectivity index (χ0n) is 26.7. The van der Waals surface area contributed by atoms with Crippen LogP contribution in [0.4, 0.5) is 0 Å². The van der Waals surface area contributed by atoms with Crippen LogP contribution in [-0.4, -0.2) is 61.8 Å². The van der Waals surface area contributed by atoms with E-state index < -0.39 is 5.97 Å². The van der Waals surface area contributed by atoms with Crippen molar-refractivity contribution in [1.82, 2.24) is 15.5 Å². The first kappa shape index (κ1) is 38.4. The van der Waals surface area contributed by atoms with E-state index in [9.17, 15) is 9.90 Å². The average Bonchev–Trinajstić information content (AvgIpc) is 2.92. The minimum atomic E-state index is -0.725. The monoisotopic (exact) mass is 554 g/mol. The molecule has 0 rings (SSSR count). The third-order valence-corrected chi connectivity index (χ3v) is 7.98. The molecule has 0 aliphatic heterocycles. The lowest BCUT2D eigenvalue weighted by Crippen LogP contribution is -2.40. The van der Waals surface area contributed by atoms with Gasteiger partial charge in [-0.25, -0.2) is 0 Å². The van der Waals surface area contributed by atoms with E-state index in [1.54, 1.807) is 0 Å². The number of hydrogen-bond acceptors (Lipinski definition) is 4. The van der Waals surface area contributed by atoms with Gasteiger partial charge in [0, 0.05) is 26.2 Å². The lowest BCUT2D eigenvalue weighted by Gasteiger charge is -2.20. The maximum atomic E-state index is 11.2. The Kier molecular flexibility index (Phi) is 33.0. The largest absolute Gasteiger partial charge is 0.480 e. The van der Waals surface area contributed by atoms with E-state index in [1.165, 1.54) is 154 Å². The maximum Gasteiger partial charge on any atom is 0.317 e. The van der Waals surface area contributed by atoms with Gasteiger partial charge < -0.3 is 15.7 Å². The minimum Gasteiger partial charge on any atom is -0.480 e. The molecule has 0 saturated heterocycles. The van der Waals surface area contributed by atoms with E-state index in [4.69, 9.17) is 0 Å². The molecule has 0 fully saturated rings. The summed E-state index contributed by atoms with van der Waals surface area (Å²) in [5, 5.41) is 16.3. The fraction of sp³-hybridized carbons (Fsp3) is 0.971. The Hall–Kier alpha value is -0.650. The van der Waals surface area contributed by atoms with Crippen LogP contribution in [0.3, 0.4) is 0 Å². The summed E-state index contributed by atoms with van der Waals surface area (Å²) in [5.74, 6) is -0.725. The molecule has 3 N–H and O–H groups in total. The molecule has 39 heavy (non-hydrogen) atoms. The number of carboxylic acids is 1. The quantitative estimate of drug-likeness (QED) is 0.0694. The summed E-state index contributed by atoms with van der Waals surface area (Å²) >= 11 is 0. The van der Waals surface area contributed by atoms with Crippen molar-refractivity contribution < 1.29 is 9.90 Å². The third kappa shape index (κ3) is 33.5. The molecule has 5 heteroatoms. The van der Waals surface area contributed by atoms with Crippen LogP contribution in [0.1, 0.15) is 168 Å². The first-order valence-corrected chi connectivity index (χ1v) is 17.6. The lowest BCUT2D eigenvalue weighted by molar-refractivity contribution is -0.138. The van der Waals surface area contributed by atoms with Crippen molar-refractivity contribution in [2.45, 2.75) is 168 Å². The van der Waals surface area contributed by atoms with Crippen molar-refractivity contribution in [1.29, 1.82) is 0 Å². The predicted molar refractivity (Wildman–Crippen MR) is 172 cm³/mol. The van der Waals surface area contributed by atoms with Crippen molar-refractivity contribution >= 4 is 5.97 Å². The number of hydrogen-bond donors (Lipinski definition) is 3. The summed E-state index contributed by atoms with van der Waals surface area (Å²) in [4.78, 5) is 13.3. The van der Waals surface area contributed by atoms with E-state index in [1.807, 2.05) is 0 Å². The van der Waals surface area contributed by atoms with Gasteiger partial charge in [-0.1, -0.05) is 155 Å². The van der Waals surface area contributed by atoms with Gasteiger partial charge in [0.05, 0.1) is 6.54 Å². The molecule has 0 heterocycles. The number of carboxylic acid groups (broad SMARTS) is 1. The van der Waals surface area contributed by atoms with Crippen molar-refractivity contribution in [3.63, 3.8) is 0 Å². The molecule has 0 saturated carbocycles. The van der Waals surface area contributed by atoms with Crippen LogP contribution in [0.5, 0.6) is 0 Å². The van der Waals surface area contributed by atoms with Crippen molar-refractivity contribution in [3.8, 4) is 0 Å². The molecule has 0 spiro atoms. The number of nitrogens with one attached hydrogen (secondary N) is 2. The first-order chi connectivity index (χ1) is 19.2. The van der Waals surface area contributed by atoms with Gasteiger partial charge >= 0.3 is 5.97 Å². The van der Waals surface area contributed by atoms with E-state index in [2.05, 4.69) is 29.4 Å². The normalized spacial score (nSPS) is 11.6.